The summed E-state index contributed by atoms with van der Waals surface area (Å²) >= 11 is 0. The molecule has 5 amide bonds. The molecular formula is C43H62N6O7. The van der Waals surface area contributed by atoms with E-state index < -0.39 is 59.3 Å². The number of hydrogen-bond acceptors (Lipinski definition) is 7. The van der Waals surface area contributed by atoms with Gasteiger partial charge in [0, 0.05) is 28.6 Å². The lowest BCUT2D eigenvalue weighted by atomic mass is 9.81. The van der Waals surface area contributed by atoms with Crippen LogP contribution in [0.2, 0.25) is 0 Å². The van der Waals surface area contributed by atoms with E-state index in [-0.39, 0.29) is 41.3 Å². The zero-order chi connectivity index (χ0) is 40.3. The fourth-order valence-corrected chi connectivity index (χ4v) is 9.19. The van der Waals surface area contributed by atoms with Crippen molar-refractivity contribution in [3.05, 3.63) is 35.5 Å². The van der Waals surface area contributed by atoms with Gasteiger partial charge in [0.15, 0.2) is 11.9 Å². The highest BCUT2D eigenvalue weighted by atomic mass is 16.3. The molecule has 1 saturated heterocycles. The zero-order valence-electron chi connectivity index (χ0n) is 33.7. The molecule has 4 fully saturated rings. The number of likely N-dealkylation sites (tertiary alicyclic amines) is 1. The Balaban J connectivity index is 1.23. The number of rotatable bonds is 14. The van der Waals surface area contributed by atoms with Crippen molar-refractivity contribution >= 4 is 46.2 Å². The fourth-order valence-electron chi connectivity index (χ4n) is 9.19. The van der Waals surface area contributed by atoms with Crippen LogP contribution in [0.4, 0.5) is 0 Å². The lowest BCUT2D eigenvalue weighted by Gasteiger charge is -2.40. The third kappa shape index (κ3) is 9.46. The average Bonchev–Trinajstić information content (AvgIpc) is 3.73. The number of aromatic nitrogens is 1. The van der Waals surface area contributed by atoms with Gasteiger partial charge in [-0.2, -0.15) is 0 Å². The molecule has 0 spiro atoms. The van der Waals surface area contributed by atoms with Crippen molar-refractivity contribution in [2.24, 2.45) is 17.3 Å². The number of nitrogens with one attached hydrogen (secondary N) is 5. The second kappa shape index (κ2) is 17.5. The van der Waals surface area contributed by atoms with Gasteiger partial charge >= 0.3 is 0 Å². The van der Waals surface area contributed by atoms with Gasteiger partial charge in [-0.15, -0.1) is 0 Å². The maximum atomic E-state index is 15.0. The first-order chi connectivity index (χ1) is 26.7. The van der Waals surface area contributed by atoms with Crippen molar-refractivity contribution in [1.82, 2.24) is 31.2 Å². The Morgan fingerprint density at radius 2 is 1.57 bits per heavy atom. The smallest absolute Gasteiger partial charge is 0.268 e. The Morgan fingerprint density at radius 1 is 0.875 bits per heavy atom. The van der Waals surface area contributed by atoms with Crippen molar-refractivity contribution in [2.75, 3.05) is 0 Å². The largest absolute Gasteiger partial charge is 0.381 e. The van der Waals surface area contributed by atoms with Crippen molar-refractivity contribution in [3.63, 3.8) is 0 Å². The number of fused-ring (bicyclic) bond motifs is 2. The first-order valence-corrected chi connectivity index (χ1v) is 21.0. The van der Waals surface area contributed by atoms with E-state index in [0.29, 0.717) is 35.7 Å². The van der Waals surface area contributed by atoms with Crippen LogP contribution in [0.3, 0.4) is 0 Å². The van der Waals surface area contributed by atoms with E-state index in [9.17, 15) is 33.9 Å². The van der Waals surface area contributed by atoms with Gasteiger partial charge in [-0.05, 0) is 99.8 Å². The van der Waals surface area contributed by atoms with Gasteiger partial charge in [0.2, 0.25) is 17.7 Å². The third-order valence-corrected chi connectivity index (χ3v) is 12.5. The zero-order valence-corrected chi connectivity index (χ0v) is 33.7. The first kappa shape index (κ1) is 41.4. The molecule has 1 aromatic carbocycles. The second-order valence-electron chi connectivity index (χ2n) is 17.9. The van der Waals surface area contributed by atoms with Crippen LogP contribution in [-0.4, -0.2) is 92.7 Å². The normalized spacial score (nSPS) is 23.7. The van der Waals surface area contributed by atoms with Crippen LogP contribution in [-0.2, 0) is 19.2 Å². The molecule has 6 rings (SSSR count). The van der Waals surface area contributed by atoms with Crippen molar-refractivity contribution < 1.29 is 33.9 Å². The molecule has 1 aromatic heterocycles. The molecular weight excluding hydrogens is 713 g/mol. The summed E-state index contributed by atoms with van der Waals surface area (Å²) in [4.78, 5) is 87.2. The summed E-state index contributed by atoms with van der Waals surface area (Å²) in [6, 6.07) is 3.21. The standard InChI is InChI=1S/C43H62N6O7/c1-6-12-31(36(51)41(55)44-29-18-19-29)46-39(53)34-23-27-15-10-11-16-33(27)49(34)42(56)37(43(3,4)5)48-40(54)35(25-13-8-7-9-14-25)47-38(52)32-22-28-21-26(24(2)50)17-20-30(28)45-32/h17,20-22,25,27,29,31,33-37,45,51H,6-16,18-19,23H2,1-5H3,(H,44,55)(H,46,53)(H,47,52)(H,48,54). The number of benzene rings is 1. The van der Waals surface area contributed by atoms with Crippen molar-refractivity contribution in [1.29, 1.82) is 0 Å². The first-order valence-electron chi connectivity index (χ1n) is 21.0. The summed E-state index contributed by atoms with van der Waals surface area (Å²) in [6.07, 6.45) is 9.79. The molecule has 3 saturated carbocycles. The predicted molar refractivity (Wildman–Crippen MR) is 213 cm³/mol. The molecule has 306 valence electrons. The van der Waals surface area contributed by atoms with Gasteiger partial charge < -0.3 is 36.3 Å². The molecule has 13 heteroatoms. The van der Waals surface area contributed by atoms with Crippen LogP contribution in [0, 0.1) is 17.3 Å². The summed E-state index contributed by atoms with van der Waals surface area (Å²) in [5, 5.41) is 23.6. The van der Waals surface area contributed by atoms with E-state index in [2.05, 4.69) is 26.3 Å². The number of aliphatic hydroxyl groups excluding tert-OH is 1. The average molecular weight is 775 g/mol. The van der Waals surface area contributed by atoms with E-state index in [1.807, 2.05) is 27.7 Å². The van der Waals surface area contributed by atoms with Crippen molar-refractivity contribution in [3.8, 4) is 0 Å². The Kier molecular flexibility index (Phi) is 12.9. The third-order valence-electron chi connectivity index (χ3n) is 12.5. The Bertz CT molecular complexity index is 1790. The Hall–Kier alpha value is -4.26. The molecule has 4 aliphatic rings. The van der Waals surface area contributed by atoms with E-state index in [1.165, 1.54) is 6.92 Å². The fraction of sp³-hybridized carbons (Fsp3) is 0.674. The number of hydrogen-bond donors (Lipinski definition) is 6. The summed E-state index contributed by atoms with van der Waals surface area (Å²) < 4.78 is 0. The minimum Gasteiger partial charge on any atom is -0.381 e. The monoisotopic (exact) mass is 774 g/mol. The van der Waals surface area contributed by atoms with Crippen LogP contribution in [0.25, 0.3) is 10.9 Å². The van der Waals surface area contributed by atoms with E-state index in [0.717, 1.165) is 70.6 Å². The molecule has 3 aliphatic carbocycles. The SMILES string of the molecule is CCCC(NC(=O)C1CC2CCCCC2N1C(=O)C(NC(=O)C(NC(=O)c1cc2cc(C(C)=O)ccc2[nH]1)C1CCCCC1)C(C)(C)C)C(O)C(=O)NC1CC1. The molecule has 2 heterocycles. The molecule has 56 heavy (non-hydrogen) atoms. The highest BCUT2D eigenvalue weighted by molar-refractivity contribution is 6.03. The van der Waals surface area contributed by atoms with Gasteiger partial charge in [0.05, 0.1) is 6.04 Å². The topological polar surface area (TPSA) is 190 Å². The molecule has 13 nitrogen and oxygen atoms in total. The summed E-state index contributed by atoms with van der Waals surface area (Å²) in [5.41, 5.74) is 0.741. The Morgan fingerprint density at radius 3 is 2.23 bits per heavy atom. The number of Topliss-reactive ketones (excluding diaryl/α,β-unsaturated/α-hetero) is 1. The molecule has 2 aromatic rings. The highest BCUT2D eigenvalue weighted by Crippen LogP contribution is 2.41. The molecule has 0 bridgehead atoms. The van der Waals surface area contributed by atoms with E-state index >= 15 is 0 Å². The lowest BCUT2D eigenvalue weighted by molar-refractivity contribution is -0.147. The maximum Gasteiger partial charge on any atom is 0.268 e. The predicted octanol–water partition coefficient (Wildman–Crippen LogP) is 4.66. The molecule has 0 radical (unpaired) electrons. The van der Waals surface area contributed by atoms with Gasteiger partial charge in [-0.3, -0.25) is 28.8 Å². The number of carbonyl (C=O) groups excluding carboxylic acids is 6. The number of nitrogens with zero attached hydrogens (tertiary/aromatic N) is 1. The van der Waals surface area contributed by atoms with Gasteiger partial charge in [0.1, 0.15) is 23.8 Å². The highest BCUT2D eigenvalue weighted by Gasteiger charge is 2.51. The van der Waals surface area contributed by atoms with Crippen LogP contribution in [0.15, 0.2) is 24.3 Å². The lowest BCUT2D eigenvalue weighted by Crippen LogP contribution is -2.63. The Labute approximate surface area is 330 Å². The quantitative estimate of drug-likeness (QED) is 0.151. The number of aromatic amines is 1. The van der Waals surface area contributed by atoms with Crippen LogP contribution >= 0.6 is 0 Å². The molecule has 7 unspecified atom stereocenters. The minimum atomic E-state index is -1.41. The van der Waals surface area contributed by atoms with Gasteiger partial charge in [0.25, 0.3) is 11.8 Å². The molecule has 1 aliphatic heterocycles. The molecule has 7 atom stereocenters. The molecule has 6 N–H and O–H groups in total. The van der Waals surface area contributed by atoms with E-state index in [4.69, 9.17) is 0 Å². The maximum absolute atomic E-state index is 15.0. The summed E-state index contributed by atoms with van der Waals surface area (Å²) in [7, 11) is 0. The van der Waals surface area contributed by atoms with Crippen molar-refractivity contribution in [2.45, 2.75) is 167 Å². The summed E-state index contributed by atoms with van der Waals surface area (Å²) in [5.74, 6) is -2.24. The number of H-pyrrole nitrogens is 1. The van der Waals surface area contributed by atoms with Gasteiger partial charge in [-0.25, -0.2) is 0 Å². The van der Waals surface area contributed by atoms with Crippen LogP contribution in [0.1, 0.15) is 145 Å². The van der Waals surface area contributed by atoms with E-state index in [1.54, 1.807) is 29.2 Å². The number of aliphatic hydroxyl groups is 1. The van der Waals surface area contributed by atoms with Crippen LogP contribution < -0.4 is 21.3 Å². The summed E-state index contributed by atoms with van der Waals surface area (Å²) in [6.45, 7) is 9.08. The van der Waals surface area contributed by atoms with Crippen LogP contribution in [0.5, 0.6) is 0 Å². The minimum absolute atomic E-state index is 0.0625. The number of ketones is 1. The second-order valence-corrected chi connectivity index (χ2v) is 17.9. The number of amides is 5. The van der Waals surface area contributed by atoms with Gasteiger partial charge in [-0.1, -0.05) is 66.2 Å². The number of carbonyl (C=O) groups is 6.